The van der Waals surface area contributed by atoms with E-state index < -0.39 is 0 Å². The minimum Gasteiger partial charge on any atom is -0.198 e. The van der Waals surface area contributed by atoms with Gasteiger partial charge in [-0.05, 0) is 72.0 Å². The number of azo groups is 1. The first kappa shape index (κ1) is 14.3. The highest BCUT2D eigenvalue weighted by molar-refractivity contribution is 6.08. The van der Waals surface area contributed by atoms with Crippen LogP contribution < -0.4 is 0 Å². The zero-order valence-corrected chi connectivity index (χ0v) is 11.7. The molecule has 112 valence electrons. The van der Waals surface area contributed by atoms with Crippen molar-refractivity contribution in [2.24, 2.45) is 62.0 Å². The van der Waals surface area contributed by atoms with E-state index in [0.717, 1.165) is 0 Å². The van der Waals surface area contributed by atoms with E-state index in [-0.39, 0.29) is 14.9 Å². The Labute approximate surface area is 124 Å². The molecule has 0 amide bonds. The minimum atomic E-state index is 0. The van der Waals surface area contributed by atoms with Gasteiger partial charge in [0.15, 0.2) is 0 Å². The van der Waals surface area contributed by atoms with Gasteiger partial charge in [-0.2, -0.15) is 10.2 Å². The third-order valence-corrected chi connectivity index (χ3v) is 7.44. The summed E-state index contributed by atoms with van der Waals surface area (Å²) in [4.78, 5) is 0. The number of nitrogens with zero attached hydrogens (tertiary/aromatic N) is 2. The fourth-order valence-electron chi connectivity index (χ4n) is 5.48. The van der Waals surface area contributed by atoms with Crippen molar-refractivity contribution >= 4 is 0 Å². The van der Waals surface area contributed by atoms with Crippen molar-refractivity contribution in [1.29, 1.82) is 0 Å². The maximum absolute atomic E-state index is 3.36. The molecule has 2 bridgehead atoms. The topological polar surface area (TPSA) is 24.7 Å². The second kappa shape index (κ2) is 3.39. The van der Waals surface area contributed by atoms with Gasteiger partial charge in [0.05, 0.1) is 0 Å². The molecule has 0 aromatic rings. The van der Waals surface area contributed by atoms with E-state index in [4.69, 9.17) is 0 Å². The molecule has 11 saturated carbocycles. The minimum absolute atomic E-state index is 0. The zero-order valence-electron chi connectivity index (χ0n) is 11.7. The van der Waals surface area contributed by atoms with Gasteiger partial charge in [-0.3, -0.25) is 0 Å². The first-order chi connectivity index (χ1) is 8.79. The van der Waals surface area contributed by atoms with Crippen molar-refractivity contribution in [2.45, 2.75) is 35.1 Å². The predicted molar refractivity (Wildman–Crippen MR) is 83.5 cm³/mol. The summed E-state index contributed by atoms with van der Waals surface area (Å²) in [5.41, 5.74) is 3.63. The SMILES string of the molecule is C.C.C12C34C5C13C254.C1C2C3C1C23.CC=CC.CN=NC. The molecule has 0 N–H and O–H groups in total. The fourth-order valence-corrected chi connectivity index (χ4v) is 5.48. The summed E-state index contributed by atoms with van der Waals surface area (Å²) in [7, 11) is 3.28. The second-order valence-electron chi connectivity index (χ2n) is 7.26. The summed E-state index contributed by atoms with van der Waals surface area (Å²) in [6.45, 7) is 4.00. The van der Waals surface area contributed by atoms with Crippen LogP contribution in [0.5, 0.6) is 0 Å². The number of hydrogen-bond donors (Lipinski definition) is 0. The summed E-state index contributed by atoms with van der Waals surface area (Å²) in [6, 6.07) is 0. The molecule has 0 saturated heterocycles. The average molecular weight is 274 g/mol. The van der Waals surface area contributed by atoms with Crippen LogP contribution >= 0.6 is 0 Å². The molecule has 0 atom stereocenters. The lowest BCUT2D eigenvalue weighted by atomic mass is 9.83. The van der Waals surface area contributed by atoms with Gasteiger partial charge in [0.25, 0.3) is 0 Å². The largest absolute Gasteiger partial charge is 0.198 e. The Morgan fingerprint density at radius 1 is 0.800 bits per heavy atom. The summed E-state index contributed by atoms with van der Waals surface area (Å²) >= 11 is 0. The van der Waals surface area contributed by atoms with Crippen molar-refractivity contribution in [3.63, 3.8) is 0 Å². The zero-order chi connectivity index (χ0) is 12.5. The summed E-state index contributed by atoms with van der Waals surface area (Å²) < 4.78 is 0. The van der Waals surface area contributed by atoms with Gasteiger partial charge in [-0.15, -0.1) is 0 Å². The molecule has 0 heterocycles. The molecule has 11 aliphatic carbocycles. The van der Waals surface area contributed by atoms with Gasteiger partial charge >= 0.3 is 0 Å². The third-order valence-electron chi connectivity index (χ3n) is 7.44. The lowest BCUT2D eigenvalue weighted by Gasteiger charge is -2.21. The number of hydrogen-bond acceptors (Lipinski definition) is 2. The van der Waals surface area contributed by atoms with E-state index in [1.807, 2.05) is 26.0 Å². The van der Waals surface area contributed by atoms with E-state index >= 15 is 0 Å². The van der Waals surface area contributed by atoms with Gasteiger partial charge in [0.2, 0.25) is 0 Å². The van der Waals surface area contributed by atoms with Gasteiger partial charge in [-0.25, -0.2) is 0 Å². The van der Waals surface area contributed by atoms with Gasteiger partial charge in [0.1, 0.15) is 0 Å². The Balaban J connectivity index is 0.0000000793. The van der Waals surface area contributed by atoms with Crippen LogP contribution in [0.1, 0.15) is 35.1 Å². The lowest BCUT2D eigenvalue weighted by Crippen LogP contribution is -2.14. The predicted octanol–water partition coefficient (Wildman–Crippen LogP) is 4.68. The summed E-state index contributed by atoms with van der Waals surface area (Å²) in [5, 5.41) is 6.72. The average Bonchev–Trinajstić information content (AvgIpc) is 3.12. The van der Waals surface area contributed by atoms with Gasteiger partial charge in [0, 0.05) is 14.1 Å². The maximum atomic E-state index is 3.36. The Hall–Kier alpha value is -0.660. The molecule has 2 nitrogen and oxygen atoms in total. The molecule has 0 radical (unpaired) electrons. The van der Waals surface area contributed by atoms with Crippen LogP contribution in [0.4, 0.5) is 0 Å². The molecule has 11 fully saturated rings. The standard InChI is InChI=1S/C5H2.C5H6.C4H8.C2H6N2.2CH4/c1-3-2-4(1,3)5(1,2)3;1-2-4-3(1)5(2)4;2*1-3-4-2;;/h1-2H;2-5H,1H2;3-4H,1-2H3;1-2H3;2*1H4. The molecule has 11 aliphatic rings. The maximum Gasteiger partial charge on any atom is 0.0487 e. The highest BCUT2D eigenvalue weighted by atomic mass is 15.7. The number of allylic oxidation sites excluding steroid dienone is 2. The molecule has 20 heavy (non-hydrogen) atoms. The van der Waals surface area contributed by atoms with Crippen LogP contribution in [0, 0.1) is 51.8 Å². The van der Waals surface area contributed by atoms with Crippen molar-refractivity contribution in [1.82, 2.24) is 0 Å². The normalized spacial score (nSPS) is 66.2. The molecule has 0 aliphatic heterocycles. The van der Waals surface area contributed by atoms with E-state index in [9.17, 15) is 0 Å². The molecule has 11 rings (SSSR count). The summed E-state index contributed by atoms with van der Waals surface area (Å²) in [6.07, 6.45) is 5.62. The third kappa shape index (κ3) is 0.936. The highest BCUT2D eigenvalue weighted by Crippen LogP contribution is 3.65. The van der Waals surface area contributed by atoms with E-state index in [1.54, 1.807) is 20.5 Å². The van der Waals surface area contributed by atoms with Crippen molar-refractivity contribution in [3.8, 4) is 0 Å². The first-order valence-corrected chi connectivity index (χ1v) is 7.55. The Morgan fingerprint density at radius 3 is 1.05 bits per heavy atom. The lowest BCUT2D eigenvalue weighted by molar-refractivity contribution is 0.273. The van der Waals surface area contributed by atoms with Crippen molar-refractivity contribution in [3.05, 3.63) is 12.2 Å². The molecular weight excluding hydrogens is 244 g/mol. The molecule has 3 spiro atoms. The number of rotatable bonds is 0. The van der Waals surface area contributed by atoms with Crippen LogP contribution in [0.2, 0.25) is 0 Å². The van der Waals surface area contributed by atoms with Crippen molar-refractivity contribution in [2.75, 3.05) is 14.1 Å². The van der Waals surface area contributed by atoms with Crippen molar-refractivity contribution < 1.29 is 0 Å². The molecule has 0 unspecified atom stereocenters. The molecule has 2 heteroatoms. The van der Waals surface area contributed by atoms with Crippen LogP contribution in [0.3, 0.4) is 0 Å². The fraction of sp³-hybridized carbons (Fsp3) is 0.889. The second-order valence-corrected chi connectivity index (χ2v) is 7.26. The monoisotopic (exact) mass is 274 g/mol. The van der Waals surface area contributed by atoms with Crippen LogP contribution in [-0.4, -0.2) is 14.1 Å². The molecular formula is C18H30N2. The smallest absolute Gasteiger partial charge is 0.0487 e. The van der Waals surface area contributed by atoms with Gasteiger partial charge < -0.3 is 0 Å². The summed E-state index contributed by atoms with van der Waals surface area (Å²) in [5.74, 6) is 8.00. The highest BCUT2D eigenvalue weighted by Gasteiger charge is 3.63. The molecule has 0 aromatic heterocycles. The van der Waals surface area contributed by atoms with Crippen LogP contribution in [0.25, 0.3) is 0 Å². The van der Waals surface area contributed by atoms with Crippen LogP contribution in [-0.2, 0) is 0 Å². The van der Waals surface area contributed by atoms with Crippen LogP contribution in [0.15, 0.2) is 22.4 Å². The van der Waals surface area contributed by atoms with E-state index in [2.05, 4.69) is 10.2 Å². The Kier molecular flexibility index (Phi) is 2.42. The molecule has 0 aromatic carbocycles. The van der Waals surface area contributed by atoms with Gasteiger partial charge in [-0.1, -0.05) is 27.0 Å². The van der Waals surface area contributed by atoms with E-state index in [1.165, 1.54) is 51.8 Å². The quantitative estimate of drug-likeness (QED) is 0.452. The Morgan fingerprint density at radius 2 is 1.05 bits per heavy atom. The first-order valence-electron chi connectivity index (χ1n) is 7.55. The Bertz CT molecular complexity index is 405. The van der Waals surface area contributed by atoms with E-state index in [0.29, 0.717) is 0 Å².